The topological polar surface area (TPSA) is 63.9 Å². The van der Waals surface area contributed by atoms with Gasteiger partial charge in [-0.25, -0.2) is 9.37 Å². The molecular formula is C16H16FN5OS. The fourth-order valence-corrected chi connectivity index (χ4v) is 3.06. The molecule has 0 radical (unpaired) electrons. The van der Waals surface area contributed by atoms with Crippen LogP contribution in [0.2, 0.25) is 0 Å². The molecular weight excluding hydrogens is 329 g/mol. The number of carbonyl (C=O) groups is 1. The summed E-state index contributed by atoms with van der Waals surface area (Å²) in [4.78, 5) is 20.7. The Bertz CT molecular complexity index is 842. The molecule has 3 rings (SSSR count). The van der Waals surface area contributed by atoms with Gasteiger partial charge in [-0.05, 0) is 30.7 Å². The molecule has 0 bridgehead atoms. The zero-order chi connectivity index (χ0) is 17.1. The van der Waals surface area contributed by atoms with E-state index in [1.54, 1.807) is 41.6 Å². The predicted molar refractivity (Wildman–Crippen MR) is 88.6 cm³/mol. The van der Waals surface area contributed by atoms with E-state index < -0.39 is 0 Å². The molecule has 0 unspecified atom stereocenters. The molecule has 0 aliphatic heterocycles. The molecule has 8 heteroatoms. The van der Waals surface area contributed by atoms with Gasteiger partial charge in [0.05, 0.1) is 23.4 Å². The van der Waals surface area contributed by atoms with Crippen molar-refractivity contribution in [2.45, 2.75) is 19.9 Å². The fraction of sp³-hybridized carbons (Fsp3) is 0.250. The monoisotopic (exact) mass is 345 g/mol. The molecule has 3 aromatic rings. The minimum atomic E-state index is -0.335. The Balaban J connectivity index is 1.71. The Labute approximate surface area is 142 Å². The largest absolute Gasteiger partial charge is 0.335 e. The van der Waals surface area contributed by atoms with Gasteiger partial charge < -0.3 is 4.90 Å². The number of hydrogen-bond acceptors (Lipinski definition) is 5. The van der Waals surface area contributed by atoms with E-state index in [1.165, 1.54) is 23.1 Å². The number of aromatic nitrogens is 4. The lowest BCUT2D eigenvalue weighted by atomic mass is 10.3. The summed E-state index contributed by atoms with van der Waals surface area (Å²) < 4.78 is 13.0. The number of amides is 1. The van der Waals surface area contributed by atoms with E-state index in [0.29, 0.717) is 12.2 Å². The van der Waals surface area contributed by atoms with Gasteiger partial charge in [0, 0.05) is 18.1 Å². The second-order valence-corrected chi connectivity index (χ2v) is 6.43. The van der Waals surface area contributed by atoms with Gasteiger partial charge in [-0.2, -0.15) is 9.90 Å². The molecule has 0 saturated heterocycles. The molecule has 0 saturated carbocycles. The summed E-state index contributed by atoms with van der Waals surface area (Å²) in [6.45, 7) is 2.52. The first-order valence-corrected chi connectivity index (χ1v) is 8.26. The summed E-state index contributed by atoms with van der Waals surface area (Å²) in [7, 11) is 1.71. The second-order valence-electron chi connectivity index (χ2n) is 5.23. The number of hydrogen-bond donors (Lipinski definition) is 0. The molecule has 124 valence electrons. The number of benzene rings is 1. The van der Waals surface area contributed by atoms with Crippen LogP contribution in [0.3, 0.4) is 0 Å². The van der Waals surface area contributed by atoms with Gasteiger partial charge >= 0.3 is 0 Å². The first kappa shape index (κ1) is 16.3. The normalized spacial score (nSPS) is 10.8. The summed E-state index contributed by atoms with van der Waals surface area (Å²) in [5.41, 5.74) is 0.829. The fourth-order valence-electron chi connectivity index (χ4n) is 2.15. The maximum atomic E-state index is 13.0. The lowest BCUT2D eigenvalue weighted by molar-refractivity contribution is 0.0780. The van der Waals surface area contributed by atoms with E-state index in [9.17, 15) is 9.18 Å². The van der Waals surface area contributed by atoms with Crippen molar-refractivity contribution in [3.63, 3.8) is 0 Å². The van der Waals surface area contributed by atoms with Crippen molar-refractivity contribution in [2.24, 2.45) is 0 Å². The van der Waals surface area contributed by atoms with E-state index in [0.717, 1.165) is 16.3 Å². The Kier molecular flexibility index (Phi) is 4.66. The molecule has 1 amide bonds. The predicted octanol–water partition coefficient (Wildman–Crippen LogP) is 2.70. The lowest BCUT2D eigenvalue weighted by Gasteiger charge is -2.13. The van der Waals surface area contributed by atoms with Crippen LogP contribution in [0.5, 0.6) is 0 Å². The van der Waals surface area contributed by atoms with E-state index in [-0.39, 0.29) is 17.4 Å². The first-order chi connectivity index (χ1) is 11.6. The number of thiazole rings is 1. The van der Waals surface area contributed by atoms with Crippen molar-refractivity contribution in [3.05, 3.63) is 58.1 Å². The highest BCUT2D eigenvalue weighted by Gasteiger charge is 2.17. The summed E-state index contributed by atoms with van der Waals surface area (Å²) >= 11 is 1.60. The van der Waals surface area contributed by atoms with Crippen LogP contribution in [0.1, 0.15) is 27.3 Å². The highest BCUT2D eigenvalue weighted by atomic mass is 32.1. The smallest absolute Gasteiger partial charge is 0.276 e. The summed E-state index contributed by atoms with van der Waals surface area (Å²) in [6, 6.07) is 5.75. The zero-order valence-electron chi connectivity index (χ0n) is 13.3. The Morgan fingerprint density at radius 2 is 2.04 bits per heavy atom. The van der Waals surface area contributed by atoms with Crippen LogP contribution in [0, 0.1) is 5.82 Å². The minimum Gasteiger partial charge on any atom is -0.335 e. The van der Waals surface area contributed by atoms with Crippen LogP contribution in [0.25, 0.3) is 5.69 Å². The number of halogens is 1. The molecule has 1 aromatic carbocycles. The number of rotatable bonds is 5. The average Bonchev–Trinajstić information content (AvgIpc) is 3.24. The van der Waals surface area contributed by atoms with E-state index in [4.69, 9.17) is 0 Å². The quantitative estimate of drug-likeness (QED) is 0.713. The third-order valence-electron chi connectivity index (χ3n) is 3.41. The van der Waals surface area contributed by atoms with Gasteiger partial charge in [-0.3, -0.25) is 4.79 Å². The van der Waals surface area contributed by atoms with Crippen molar-refractivity contribution in [1.29, 1.82) is 0 Å². The summed E-state index contributed by atoms with van der Waals surface area (Å²) in [5, 5.41) is 9.29. The van der Waals surface area contributed by atoms with Crippen molar-refractivity contribution in [3.8, 4) is 5.69 Å². The Morgan fingerprint density at radius 1 is 1.29 bits per heavy atom. The minimum absolute atomic E-state index is 0.227. The van der Waals surface area contributed by atoms with Crippen LogP contribution >= 0.6 is 11.3 Å². The molecule has 0 aliphatic carbocycles. The molecule has 24 heavy (non-hydrogen) atoms. The molecule has 0 atom stereocenters. The second kappa shape index (κ2) is 6.88. The number of aryl methyl sites for hydroxylation is 1. The highest BCUT2D eigenvalue weighted by Crippen LogP contribution is 2.16. The highest BCUT2D eigenvalue weighted by molar-refractivity contribution is 7.11. The zero-order valence-corrected chi connectivity index (χ0v) is 14.1. The van der Waals surface area contributed by atoms with Gasteiger partial charge in [0.2, 0.25) is 0 Å². The third-order valence-corrected chi connectivity index (χ3v) is 4.54. The van der Waals surface area contributed by atoms with Gasteiger partial charge in [0.1, 0.15) is 5.82 Å². The van der Waals surface area contributed by atoms with Gasteiger partial charge in [-0.15, -0.1) is 16.4 Å². The molecule has 2 heterocycles. The van der Waals surface area contributed by atoms with Crippen molar-refractivity contribution in [1.82, 2.24) is 24.9 Å². The summed E-state index contributed by atoms with van der Waals surface area (Å²) in [5.74, 6) is -0.562. The van der Waals surface area contributed by atoms with Crippen LogP contribution in [0.15, 0.2) is 36.7 Å². The van der Waals surface area contributed by atoms with E-state index in [2.05, 4.69) is 15.2 Å². The molecule has 0 aliphatic rings. The van der Waals surface area contributed by atoms with Crippen molar-refractivity contribution in [2.75, 3.05) is 7.05 Å². The van der Waals surface area contributed by atoms with Crippen LogP contribution < -0.4 is 0 Å². The molecule has 6 nitrogen and oxygen atoms in total. The van der Waals surface area contributed by atoms with Crippen molar-refractivity contribution >= 4 is 17.2 Å². The maximum Gasteiger partial charge on any atom is 0.276 e. The first-order valence-electron chi connectivity index (χ1n) is 7.44. The molecule has 0 fully saturated rings. The van der Waals surface area contributed by atoms with Gasteiger partial charge in [0.15, 0.2) is 5.69 Å². The molecule has 0 spiro atoms. The Morgan fingerprint density at radius 3 is 2.71 bits per heavy atom. The number of nitrogens with zero attached hydrogens (tertiary/aromatic N) is 5. The van der Waals surface area contributed by atoms with Crippen molar-refractivity contribution < 1.29 is 9.18 Å². The van der Waals surface area contributed by atoms with Crippen LogP contribution in [-0.4, -0.2) is 37.8 Å². The lowest BCUT2D eigenvalue weighted by Crippen LogP contribution is -2.26. The van der Waals surface area contributed by atoms with E-state index >= 15 is 0 Å². The average molecular weight is 345 g/mol. The van der Waals surface area contributed by atoms with Gasteiger partial charge in [-0.1, -0.05) is 6.92 Å². The third kappa shape index (κ3) is 3.48. The molecule has 0 N–H and O–H groups in total. The summed E-state index contributed by atoms with van der Waals surface area (Å²) in [6.07, 6.45) is 4.09. The van der Waals surface area contributed by atoms with Crippen LogP contribution in [0.4, 0.5) is 4.39 Å². The van der Waals surface area contributed by atoms with Crippen LogP contribution in [-0.2, 0) is 13.0 Å². The molecule has 2 aromatic heterocycles. The SMILES string of the molecule is CCc1ncc(CN(C)C(=O)c2cnn(-c3ccc(F)cc3)n2)s1. The van der Waals surface area contributed by atoms with E-state index in [1.807, 2.05) is 6.92 Å². The van der Waals surface area contributed by atoms with Gasteiger partial charge in [0.25, 0.3) is 5.91 Å². The number of carbonyl (C=O) groups excluding carboxylic acids is 1. The Hall–Kier alpha value is -2.61. The standard InChI is InChI=1S/C16H16FN5OS/c1-3-15-18-8-13(24-15)10-21(2)16(23)14-9-19-22(20-14)12-6-4-11(17)5-7-12/h4-9H,3,10H2,1-2H3. The maximum absolute atomic E-state index is 13.0.